The van der Waals surface area contributed by atoms with Crippen LogP contribution in [-0.2, 0) is 11.2 Å². The first-order valence-electron chi connectivity index (χ1n) is 6.24. The molecule has 1 aromatic rings. The molecule has 2 nitrogen and oxygen atoms in total. The van der Waals surface area contributed by atoms with Gasteiger partial charge in [-0.2, -0.15) is 0 Å². The normalized spacial score (nSPS) is 16.1. The Balaban J connectivity index is 2.22. The molecule has 0 radical (unpaired) electrons. The predicted octanol–water partition coefficient (Wildman–Crippen LogP) is 4.07. The van der Waals surface area contributed by atoms with E-state index < -0.39 is 0 Å². The van der Waals surface area contributed by atoms with Gasteiger partial charge in [0.2, 0.25) is 0 Å². The van der Waals surface area contributed by atoms with E-state index in [1.165, 1.54) is 5.57 Å². The molecule has 0 aliphatic heterocycles. The van der Waals surface area contributed by atoms with Gasteiger partial charge in [0, 0.05) is 10.9 Å². The van der Waals surface area contributed by atoms with Gasteiger partial charge in [-0.15, -0.1) is 0 Å². The first-order chi connectivity index (χ1) is 8.69. The van der Waals surface area contributed by atoms with E-state index in [4.69, 9.17) is 4.74 Å². The smallest absolute Gasteiger partial charge is 0.155 e. The number of methoxy groups -OCH3 is 1. The average molecular weight is 309 g/mol. The van der Waals surface area contributed by atoms with E-state index in [0.717, 1.165) is 41.5 Å². The Morgan fingerprint density at radius 3 is 2.83 bits per heavy atom. The third-order valence-corrected chi connectivity index (χ3v) is 3.69. The van der Waals surface area contributed by atoms with E-state index in [9.17, 15) is 4.79 Å². The van der Waals surface area contributed by atoms with E-state index in [1.807, 2.05) is 18.2 Å². The molecule has 0 fully saturated rings. The second-order valence-electron chi connectivity index (χ2n) is 4.61. The van der Waals surface area contributed by atoms with Crippen molar-refractivity contribution in [3.05, 3.63) is 39.9 Å². The van der Waals surface area contributed by atoms with Crippen LogP contribution < -0.4 is 4.74 Å². The fourth-order valence-electron chi connectivity index (χ4n) is 2.29. The monoisotopic (exact) mass is 308 g/mol. The van der Waals surface area contributed by atoms with Gasteiger partial charge < -0.3 is 4.74 Å². The molecule has 0 saturated heterocycles. The Bertz CT molecular complexity index is 477. The van der Waals surface area contributed by atoms with Gasteiger partial charge in [-0.25, -0.2) is 0 Å². The maximum atomic E-state index is 11.6. The molecule has 3 heteroatoms. The number of ether oxygens (including phenoxy) is 1. The molecule has 0 spiro atoms. The fourth-order valence-corrected chi connectivity index (χ4v) is 2.70. The first-order valence-corrected chi connectivity index (χ1v) is 7.03. The second kappa shape index (κ2) is 6.19. The van der Waals surface area contributed by atoms with Gasteiger partial charge in [0.05, 0.1) is 7.11 Å². The zero-order valence-corrected chi connectivity index (χ0v) is 12.1. The van der Waals surface area contributed by atoms with Crippen LogP contribution >= 0.6 is 15.9 Å². The van der Waals surface area contributed by atoms with Crippen molar-refractivity contribution in [2.24, 2.45) is 0 Å². The Kier molecular flexibility index (Phi) is 4.59. The standard InChI is InChI=1S/C15H17BrO2/c1-18-15-7-6-13(16)10-12(15)8-11-4-2-3-5-14(17)9-11/h6-7,9-10H,2-5,8H2,1H3. The first kappa shape index (κ1) is 13.3. The molecule has 0 N–H and O–H groups in total. The average Bonchev–Trinajstić information content (AvgIpc) is 2.54. The number of halogens is 1. The topological polar surface area (TPSA) is 26.3 Å². The van der Waals surface area contributed by atoms with Gasteiger partial charge in [-0.3, -0.25) is 4.79 Å². The van der Waals surface area contributed by atoms with E-state index in [-0.39, 0.29) is 5.78 Å². The van der Waals surface area contributed by atoms with Crippen LogP contribution in [0.1, 0.15) is 31.2 Å². The van der Waals surface area contributed by atoms with Crippen molar-refractivity contribution < 1.29 is 9.53 Å². The summed E-state index contributed by atoms with van der Waals surface area (Å²) in [6.45, 7) is 0. The predicted molar refractivity (Wildman–Crippen MR) is 76.0 cm³/mol. The third-order valence-electron chi connectivity index (χ3n) is 3.20. The van der Waals surface area contributed by atoms with Gasteiger partial charge >= 0.3 is 0 Å². The van der Waals surface area contributed by atoms with Crippen LogP contribution in [-0.4, -0.2) is 12.9 Å². The number of carbonyl (C=O) groups is 1. The van der Waals surface area contributed by atoms with Gasteiger partial charge in [0.15, 0.2) is 5.78 Å². The van der Waals surface area contributed by atoms with Gasteiger partial charge in [0.1, 0.15) is 5.75 Å². The molecule has 96 valence electrons. The molecule has 0 amide bonds. The molecule has 2 rings (SSSR count). The van der Waals surface area contributed by atoms with Crippen molar-refractivity contribution in [2.75, 3.05) is 7.11 Å². The number of allylic oxidation sites excluding steroid dienone is 2. The Morgan fingerprint density at radius 1 is 1.28 bits per heavy atom. The summed E-state index contributed by atoms with van der Waals surface area (Å²) in [5.74, 6) is 1.15. The lowest BCUT2D eigenvalue weighted by molar-refractivity contribution is -0.114. The molecule has 0 unspecified atom stereocenters. The third kappa shape index (κ3) is 3.45. The Morgan fingerprint density at radius 2 is 2.06 bits per heavy atom. The summed E-state index contributed by atoms with van der Waals surface area (Å²) in [7, 11) is 1.68. The Labute approximate surface area is 116 Å². The van der Waals surface area contributed by atoms with E-state index >= 15 is 0 Å². The lowest BCUT2D eigenvalue weighted by Crippen LogP contribution is -1.97. The molecule has 1 aliphatic rings. The van der Waals surface area contributed by atoms with Crippen LogP contribution in [0, 0.1) is 0 Å². The molecule has 0 aromatic heterocycles. The number of rotatable bonds is 3. The zero-order chi connectivity index (χ0) is 13.0. The summed E-state index contributed by atoms with van der Waals surface area (Å²) >= 11 is 3.48. The van der Waals surface area contributed by atoms with Crippen molar-refractivity contribution in [1.82, 2.24) is 0 Å². The Hall–Kier alpha value is -1.09. The van der Waals surface area contributed by atoms with Crippen LogP contribution in [0.2, 0.25) is 0 Å². The van der Waals surface area contributed by atoms with E-state index in [0.29, 0.717) is 6.42 Å². The molecular weight excluding hydrogens is 292 g/mol. The van der Waals surface area contributed by atoms with E-state index in [1.54, 1.807) is 7.11 Å². The van der Waals surface area contributed by atoms with Crippen LogP contribution in [0.4, 0.5) is 0 Å². The molecule has 1 aromatic carbocycles. The minimum atomic E-state index is 0.261. The maximum Gasteiger partial charge on any atom is 0.155 e. The minimum absolute atomic E-state index is 0.261. The SMILES string of the molecule is COc1ccc(Br)cc1CC1=CC(=O)CCCC1. The van der Waals surface area contributed by atoms with E-state index in [2.05, 4.69) is 22.0 Å². The molecule has 0 atom stereocenters. The van der Waals surface area contributed by atoms with Crippen molar-refractivity contribution in [3.8, 4) is 5.75 Å². The van der Waals surface area contributed by atoms with Crippen molar-refractivity contribution >= 4 is 21.7 Å². The van der Waals surface area contributed by atoms with Crippen LogP contribution in [0.25, 0.3) is 0 Å². The second-order valence-corrected chi connectivity index (χ2v) is 5.52. The molecular formula is C15H17BrO2. The highest BCUT2D eigenvalue weighted by Gasteiger charge is 2.11. The highest BCUT2D eigenvalue weighted by atomic mass is 79.9. The minimum Gasteiger partial charge on any atom is -0.496 e. The summed E-state index contributed by atoms with van der Waals surface area (Å²) in [5.41, 5.74) is 2.35. The van der Waals surface area contributed by atoms with Crippen LogP contribution in [0.15, 0.2) is 34.3 Å². The summed E-state index contributed by atoms with van der Waals surface area (Å²) in [6, 6.07) is 5.99. The van der Waals surface area contributed by atoms with Gasteiger partial charge in [-0.05, 0) is 55.5 Å². The van der Waals surface area contributed by atoms with Crippen molar-refractivity contribution in [3.63, 3.8) is 0 Å². The number of hydrogen-bond acceptors (Lipinski definition) is 2. The molecule has 0 bridgehead atoms. The van der Waals surface area contributed by atoms with Crippen LogP contribution in [0.3, 0.4) is 0 Å². The molecule has 0 saturated carbocycles. The van der Waals surface area contributed by atoms with Crippen molar-refractivity contribution in [2.45, 2.75) is 32.1 Å². The number of ketones is 1. The summed E-state index contributed by atoms with van der Waals surface area (Å²) in [6.07, 6.45) is 6.45. The summed E-state index contributed by atoms with van der Waals surface area (Å²) in [4.78, 5) is 11.6. The summed E-state index contributed by atoms with van der Waals surface area (Å²) in [5, 5.41) is 0. The quantitative estimate of drug-likeness (QED) is 0.841. The highest BCUT2D eigenvalue weighted by Crippen LogP contribution is 2.27. The number of benzene rings is 1. The zero-order valence-electron chi connectivity index (χ0n) is 10.5. The van der Waals surface area contributed by atoms with Crippen LogP contribution in [0.5, 0.6) is 5.75 Å². The largest absolute Gasteiger partial charge is 0.496 e. The highest BCUT2D eigenvalue weighted by molar-refractivity contribution is 9.10. The number of hydrogen-bond donors (Lipinski definition) is 0. The lowest BCUT2D eigenvalue weighted by Gasteiger charge is -2.10. The maximum absolute atomic E-state index is 11.6. The molecule has 0 heterocycles. The molecule has 18 heavy (non-hydrogen) atoms. The lowest BCUT2D eigenvalue weighted by atomic mass is 10.0. The van der Waals surface area contributed by atoms with Crippen molar-refractivity contribution in [1.29, 1.82) is 0 Å². The number of carbonyl (C=O) groups excluding carboxylic acids is 1. The molecule has 1 aliphatic carbocycles. The summed E-state index contributed by atoms with van der Waals surface area (Å²) < 4.78 is 6.41. The fraction of sp³-hybridized carbons (Fsp3) is 0.400. The van der Waals surface area contributed by atoms with Gasteiger partial charge in [-0.1, -0.05) is 21.5 Å². The van der Waals surface area contributed by atoms with Gasteiger partial charge in [0.25, 0.3) is 0 Å².